The second kappa shape index (κ2) is 17.3. The maximum atomic E-state index is 5.73. The lowest BCUT2D eigenvalue weighted by Gasteiger charge is -2.09. The quantitative estimate of drug-likeness (QED) is 0.153. The normalized spacial score (nSPS) is 11.3. The first-order chi connectivity index (χ1) is 19.4. The summed E-state index contributed by atoms with van der Waals surface area (Å²) in [6.07, 6.45) is 3.56. The van der Waals surface area contributed by atoms with E-state index in [9.17, 15) is 0 Å². The summed E-state index contributed by atoms with van der Waals surface area (Å²) in [5.41, 5.74) is 1.91. The zero-order valence-electron chi connectivity index (χ0n) is 22.2. The van der Waals surface area contributed by atoms with Gasteiger partial charge in [-0.25, -0.2) is 0 Å². The Morgan fingerprint density at radius 2 is 0.769 bits per heavy atom. The van der Waals surface area contributed by atoms with E-state index in [-0.39, 0.29) is 0 Å². The van der Waals surface area contributed by atoms with Crippen LogP contribution in [0, 0.1) is 0 Å². The van der Waals surface area contributed by atoms with Crippen molar-refractivity contribution >= 4 is 21.8 Å². The van der Waals surface area contributed by atoms with Crippen LogP contribution in [0.5, 0.6) is 11.5 Å². The lowest BCUT2D eigenvalue weighted by Crippen LogP contribution is -2.15. The van der Waals surface area contributed by atoms with Gasteiger partial charge < -0.3 is 33.2 Å². The highest BCUT2D eigenvalue weighted by atomic mass is 16.6. The van der Waals surface area contributed by atoms with Crippen molar-refractivity contribution < 1.29 is 33.2 Å². The molecular formula is C30H36N2O7. The molecule has 0 N–H and O–H groups in total. The monoisotopic (exact) mass is 536 g/mol. The predicted molar refractivity (Wildman–Crippen MR) is 149 cm³/mol. The van der Waals surface area contributed by atoms with Gasteiger partial charge in [0.15, 0.2) is 0 Å². The summed E-state index contributed by atoms with van der Waals surface area (Å²) in [6, 6.07) is 19.6. The number of rotatable bonds is 20. The maximum absolute atomic E-state index is 5.73. The summed E-state index contributed by atoms with van der Waals surface area (Å²) in [6.45, 7) is 6.09. The van der Waals surface area contributed by atoms with Gasteiger partial charge in [0.25, 0.3) is 0 Å². The Kier molecular flexibility index (Phi) is 12.7. The van der Waals surface area contributed by atoms with Crippen molar-refractivity contribution in [3.05, 3.63) is 73.1 Å². The summed E-state index contributed by atoms with van der Waals surface area (Å²) >= 11 is 0. The third kappa shape index (κ3) is 10.7. The zero-order valence-corrected chi connectivity index (χ0v) is 22.2. The van der Waals surface area contributed by atoms with Crippen LogP contribution in [0.2, 0.25) is 0 Å². The average molecular weight is 537 g/mol. The Balaban J connectivity index is 0.869. The van der Waals surface area contributed by atoms with Crippen LogP contribution in [0.3, 0.4) is 0 Å². The van der Waals surface area contributed by atoms with E-state index < -0.39 is 0 Å². The molecule has 0 aliphatic heterocycles. The van der Waals surface area contributed by atoms with Crippen molar-refractivity contribution in [3.8, 4) is 11.5 Å². The van der Waals surface area contributed by atoms with Crippen LogP contribution < -0.4 is 9.47 Å². The summed E-state index contributed by atoms with van der Waals surface area (Å²) in [4.78, 5) is 8.60. The second-order valence-corrected chi connectivity index (χ2v) is 8.47. The van der Waals surface area contributed by atoms with Gasteiger partial charge >= 0.3 is 0 Å². The molecule has 0 aliphatic rings. The number of hydrogen-bond donors (Lipinski definition) is 0. The highest BCUT2D eigenvalue weighted by Gasteiger charge is 2.00. The molecular weight excluding hydrogens is 500 g/mol. The van der Waals surface area contributed by atoms with Crippen molar-refractivity contribution in [1.82, 2.24) is 9.97 Å². The molecule has 2 heterocycles. The predicted octanol–water partition coefficient (Wildman–Crippen LogP) is 4.32. The first-order valence-electron chi connectivity index (χ1n) is 13.2. The first-order valence-corrected chi connectivity index (χ1v) is 13.2. The highest BCUT2D eigenvalue weighted by molar-refractivity contribution is 5.80. The van der Waals surface area contributed by atoms with Gasteiger partial charge in [0.2, 0.25) is 0 Å². The van der Waals surface area contributed by atoms with Gasteiger partial charge in [0, 0.05) is 23.2 Å². The fraction of sp³-hybridized carbons (Fsp3) is 0.400. The molecule has 0 saturated heterocycles. The minimum Gasteiger partial charge on any atom is -0.491 e. The smallest absolute Gasteiger partial charge is 0.120 e. The Bertz CT molecular complexity index is 1140. The number of ether oxygens (including phenoxy) is 7. The summed E-state index contributed by atoms with van der Waals surface area (Å²) in [5, 5.41) is 2.11. The second-order valence-electron chi connectivity index (χ2n) is 8.47. The molecule has 2 aromatic heterocycles. The van der Waals surface area contributed by atoms with Gasteiger partial charge in [-0.15, -0.1) is 0 Å². The molecule has 4 aromatic rings. The molecule has 0 amide bonds. The highest BCUT2D eigenvalue weighted by Crippen LogP contribution is 2.19. The number of benzene rings is 2. The van der Waals surface area contributed by atoms with Crippen LogP contribution >= 0.6 is 0 Å². The van der Waals surface area contributed by atoms with E-state index in [4.69, 9.17) is 33.2 Å². The topological polar surface area (TPSA) is 90.4 Å². The minimum absolute atomic E-state index is 0.483. The molecule has 2 aromatic carbocycles. The van der Waals surface area contributed by atoms with Crippen LogP contribution in [-0.4, -0.2) is 89.3 Å². The third-order valence-corrected chi connectivity index (χ3v) is 5.63. The molecule has 0 atom stereocenters. The van der Waals surface area contributed by atoms with Crippen molar-refractivity contribution in [1.29, 1.82) is 0 Å². The lowest BCUT2D eigenvalue weighted by atomic mass is 10.2. The van der Waals surface area contributed by atoms with E-state index in [2.05, 4.69) is 9.97 Å². The molecule has 208 valence electrons. The van der Waals surface area contributed by atoms with Crippen molar-refractivity contribution in [3.63, 3.8) is 0 Å². The first kappa shape index (κ1) is 28.7. The van der Waals surface area contributed by atoms with Gasteiger partial charge in [-0.3, -0.25) is 9.97 Å². The summed E-state index contributed by atoms with van der Waals surface area (Å²) < 4.78 is 39.1. The SMILES string of the molecule is c1cnc2ccc(OCCOCCOCCOCCOCCOCCOc3ccc4ncccc4c3)cc2c1. The Morgan fingerprint density at radius 1 is 0.410 bits per heavy atom. The van der Waals surface area contributed by atoms with E-state index in [0.717, 1.165) is 33.3 Å². The maximum Gasteiger partial charge on any atom is 0.120 e. The molecule has 4 rings (SSSR count). The molecule has 0 radical (unpaired) electrons. The Morgan fingerprint density at radius 3 is 1.15 bits per heavy atom. The van der Waals surface area contributed by atoms with E-state index in [1.807, 2.05) is 60.7 Å². The number of nitrogens with zero attached hydrogens (tertiary/aromatic N) is 2. The Labute approximate surface area is 228 Å². The largest absolute Gasteiger partial charge is 0.491 e. The molecule has 0 bridgehead atoms. The zero-order chi connectivity index (χ0) is 26.8. The van der Waals surface area contributed by atoms with Crippen molar-refractivity contribution in [2.75, 3.05) is 79.3 Å². The standard InChI is InChI=1S/C30H36N2O7/c1-3-25-23-27(5-7-29(25)31-9-1)38-21-19-36-17-15-34-13-11-33-12-14-35-16-18-37-20-22-39-28-6-8-30-26(24-28)4-2-10-32-30/h1-10,23-24H,11-22H2. The van der Waals surface area contributed by atoms with Gasteiger partial charge in [-0.2, -0.15) is 0 Å². The van der Waals surface area contributed by atoms with Gasteiger partial charge in [0.05, 0.1) is 77.1 Å². The van der Waals surface area contributed by atoms with E-state index in [1.54, 1.807) is 12.4 Å². The number of pyridine rings is 2. The van der Waals surface area contributed by atoms with Crippen molar-refractivity contribution in [2.24, 2.45) is 0 Å². The third-order valence-electron chi connectivity index (χ3n) is 5.63. The van der Waals surface area contributed by atoms with E-state index in [0.29, 0.717) is 79.3 Å². The fourth-order valence-corrected chi connectivity index (χ4v) is 3.71. The van der Waals surface area contributed by atoms with Crippen LogP contribution in [0.25, 0.3) is 21.8 Å². The van der Waals surface area contributed by atoms with Crippen LogP contribution in [0.1, 0.15) is 0 Å². The molecule has 39 heavy (non-hydrogen) atoms. The fourth-order valence-electron chi connectivity index (χ4n) is 3.71. The van der Waals surface area contributed by atoms with Crippen LogP contribution in [0.15, 0.2) is 73.1 Å². The molecule has 9 heteroatoms. The van der Waals surface area contributed by atoms with Gasteiger partial charge in [0.1, 0.15) is 24.7 Å². The van der Waals surface area contributed by atoms with Gasteiger partial charge in [-0.1, -0.05) is 12.1 Å². The minimum atomic E-state index is 0.483. The molecule has 0 fully saturated rings. The molecule has 0 saturated carbocycles. The Hall–Kier alpha value is -3.34. The summed E-state index contributed by atoms with van der Waals surface area (Å²) in [7, 11) is 0. The number of fused-ring (bicyclic) bond motifs is 2. The molecule has 0 spiro atoms. The van der Waals surface area contributed by atoms with E-state index >= 15 is 0 Å². The van der Waals surface area contributed by atoms with Gasteiger partial charge in [-0.05, 0) is 48.5 Å². The molecule has 0 unspecified atom stereocenters. The summed E-state index contributed by atoms with van der Waals surface area (Å²) in [5.74, 6) is 1.62. The van der Waals surface area contributed by atoms with Crippen LogP contribution in [0.4, 0.5) is 0 Å². The van der Waals surface area contributed by atoms with E-state index in [1.165, 1.54) is 0 Å². The number of aromatic nitrogens is 2. The molecule has 0 aliphatic carbocycles. The van der Waals surface area contributed by atoms with Crippen LogP contribution in [-0.2, 0) is 23.7 Å². The number of hydrogen-bond acceptors (Lipinski definition) is 9. The lowest BCUT2D eigenvalue weighted by molar-refractivity contribution is -0.0141. The average Bonchev–Trinajstić information content (AvgIpc) is 2.98. The molecule has 9 nitrogen and oxygen atoms in total. The van der Waals surface area contributed by atoms with Crippen molar-refractivity contribution in [2.45, 2.75) is 0 Å².